The molecule has 1 amide bonds. The molecule has 1 aromatic carbocycles. The van der Waals surface area contributed by atoms with E-state index in [1.165, 1.54) is 0 Å². The summed E-state index contributed by atoms with van der Waals surface area (Å²) in [7, 11) is 1.59. The average Bonchev–Trinajstić information content (AvgIpc) is 2.56. The highest BCUT2D eigenvalue weighted by Crippen LogP contribution is 2.29. The van der Waals surface area contributed by atoms with E-state index in [2.05, 4.69) is 5.32 Å². The van der Waals surface area contributed by atoms with Gasteiger partial charge in [0.2, 0.25) is 5.91 Å². The maximum absolute atomic E-state index is 12.3. The van der Waals surface area contributed by atoms with Gasteiger partial charge >= 0.3 is 5.97 Å². The van der Waals surface area contributed by atoms with E-state index in [0.717, 1.165) is 18.4 Å². The molecule has 3 unspecified atom stereocenters. The van der Waals surface area contributed by atoms with Gasteiger partial charge in [-0.05, 0) is 37.0 Å². The quantitative estimate of drug-likeness (QED) is 0.835. The van der Waals surface area contributed by atoms with Crippen LogP contribution < -0.4 is 5.32 Å². The number of carbonyl (C=O) groups excluding carboxylic acids is 1. The van der Waals surface area contributed by atoms with Gasteiger partial charge in [-0.2, -0.15) is 0 Å². The Morgan fingerprint density at radius 2 is 1.96 bits per heavy atom. The summed E-state index contributed by atoms with van der Waals surface area (Å²) in [6.07, 6.45) is 2.34. The van der Waals surface area contributed by atoms with Gasteiger partial charge in [0.15, 0.2) is 0 Å². The van der Waals surface area contributed by atoms with Crippen molar-refractivity contribution in [2.45, 2.75) is 31.8 Å². The normalized spacial score (nSPS) is 22.3. The van der Waals surface area contributed by atoms with Crippen molar-refractivity contribution in [2.24, 2.45) is 11.8 Å². The molecule has 5 nitrogen and oxygen atoms in total. The highest BCUT2D eigenvalue weighted by Gasteiger charge is 2.31. The monoisotopic (exact) mass is 339 g/mol. The molecule has 0 spiro atoms. The molecule has 3 atom stereocenters. The van der Waals surface area contributed by atoms with Crippen molar-refractivity contribution < 1.29 is 19.4 Å². The van der Waals surface area contributed by atoms with Crippen molar-refractivity contribution in [3.05, 3.63) is 34.9 Å². The molecule has 0 saturated heterocycles. The number of hydrogen-bond acceptors (Lipinski definition) is 3. The smallest absolute Gasteiger partial charge is 0.306 e. The Hall–Kier alpha value is -1.59. The molecule has 1 aliphatic rings. The summed E-state index contributed by atoms with van der Waals surface area (Å²) in [6.45, 7) is 0.352. The third kappa shape index (κ3) is 4.94. The van der Waals surface area contributed by atoms with Crippen molar-refractivity contribution in [2.75, 3.05) is 13.7 Å². The van der Waals surface area contributed by atoms with Crippen LogP contribution in [0.1, 0.15) is 37.4 Å². The predicted octanol–water partition coefficient (Wildman–Crippen LogP) is 3.03. The van der Waals surface area contributed by atoms with E-state index in [4.69, 9.17) is 21.4 Å². The largest absolute Gasteiger partial charge is 0.481 e. The lowest BCUT2D eigenvalue weighted by atomic mass is 9.81. The summed E-state index contributed by atoms with van der Waals surface area (Å²) >= 11 is 5.87. The fraction of sp³-hybridized carbons (Fsp3) is 0.529. The Kier molecular flexibility index (Phi) is 6.42. The van der Waals surface area contributed by atoms with Crippen molar-refractivity contribution >= 4 is 23.5 Å². The van der Waals surface area contributed by atoms with Gasteiger partial charge in [0, 0.05) is 24.6 Å². The lowest BCUT2D eigenvalue weighted by molar-refractivity contribution is -0.144. The number of amides is 1. The second kappa shape index (κ2) is 8.31. The van der Waals surface area contributed by atoms with Crippen LogP contribution in [-0.4, -0.2) is 30.6 Å². The SMILES string of the molecule is COC(CNC(=O)C1CCCC(C(=O)O)C1)c1ccc(Cl)cc1. The zero-order chi connectivity index (χ0) is 16.8. The third-order valence-electron chi connectivity index (χ3n) is 4.38. The predicted molar refractivity (Wildman–Crippen MR) is 87.3 cm³/mol. The van der Waals surface area contributed by atoms with E-state index >= 15 is 0 Å². The molecule has 6 heteroatoms. The van der Waals surface area contributed by atoms with Gasteiger partial charge in [-0.25, -0.2) is 0 Å². The van der Waals surface area contributed by atoms with Gasteiger partial charge in [0.1, 0.15) is 0 Å². The fourth-order valence-corrected chi connectivity index (χ4v) is 3.13. The lowest BCUT2D eigenvalue weighted by Crippen LogP contribution is -2.37. The number of aliphatic carboxylic acids is 1. The van der Waals surface area contributed by atoms with Gasteiger partial charge in [0.05, 0.1) is 12.0 Å². The van der Waals surface area contributed by atoms with Crippen molar-refractivity contribution in [1.82, 2.24) is 5.32 Å². The molecule has 1 fully saturated rings. The zero-order valence-corrected chi connectivity index (χ0v) is 13.9. The van der Waals surface area contributed by atoms with Gasteiger partial charge in [-0.15, -0.1) is 0 Å². The Morgan fingerprint density at radius 3 is 2.57 bits per heavy atom. The van der Waals surface area contributed by atoms with Crippen LogP contribution in [0.5, 0.6) is 0 Å². The molecule has 1 saturated carbocycles. The van der Waals surface area contributed by atoms with E-state index < -0.39 is 11.9 Å². The van der Waals surface area contributed by atoms with Crippen LogP contribution in [0.3, 0.4) is 0 Å². The Balaban J connectivity index is 1.89. The highest BCUT2D eigenvalue weighted by molar-refractivity contribution is 6.30. The second-order valence-electron chi connectivity index (χ2n) is 5.92. The van der Waals surface area contributed by atoms with Crippen LogP contribution in [-0.2, 0) is 14.3 Å². The molecule has 0 aromatic heterocycles. The molecule has 0 radical (unpaired) electrons. The molecule has 126 valence electrons. The number of benzene rings is 1. The molecule has 1 aliphatic carbocycles. The minimum absolute atomic E-state index is 0.0908. The van der Waals surface area contributed by atoms with Crippen molar-refractivity contribution in [3.63, 3.8) is 0 Å². The number of ether oxygens (including phenoxy) is 1. The summed E-state index contributed by atoms with van der Waals surface area (Å²) in [6, 6.07) is 7.29. The van der Waals surface area contributed by atoms with Crippen molar-refractivity contribution in [3.8, 4) is 0 Å². The molecular formula is C17H22ClNO4. The van der Waals surface area contributed by atoms with Crippen LogP contribution in [0.25, 0.3) is 0 Å². The summed E-state index contributed by atoms with van der Waals surface area (Å²) < 4.78 is 5.42. The van der Waals surface area contributed by atoms with Gasteiger partial charge in [-0.1, -0.05) is 30.2 Å². The van der Waals surface area contributed by atoms with E-state index in [-0.39, 0.29) is 17.9 Å². The number of carboxylic acids is 1. The number of rotatable bonds is 6. The van der Waals surface area contributed by atoms with E-state index in [1.807, 2.05) is 12.1 Å². The van der Waals surface area contributed by atoms with E-state index in [0.29, 0.717) is 24.4 Å². The van der Waals surface area contributed by atoms with Gasteiger partial charge in [0.25, 0.3) is 0 Å². The van der Waals surface area contributed by atoms with E-state index in [1.54, 1.807) is 19.2 Å². The zero-order valence-electron chi connectivity index (χ0n) is 13.1. The number of hydrogen-bond donors (Lipinski definition) is 2. The van der Waals surface area contributed by atoms with Gasteiger partial charge < -0.3 is 15.2 Å². The summed E-state index contributed by atoms with van der Waals surface area (Å²) in [4.78, 5) is 23.4. The summed E-state index contributed by atoms with van der Waals surface area (Å²) in [5.74, 6) is -1.54. The lowest BCUT2D eigenvalue weighted by Gasteiger charge is -2.26. The second-order valence-corrected chi connectivity index (χ2v) is 6.36. The van der Waals surface area contributed by atoms with Crippen LogP contribution in [0.15, 0.2) is 24.3 Å². The Labute approximate surface area is 141 Å². The first-order valence-corrected chi connectivity index (χ1v) is 8.17. The van der Waals surface area contributed by atoms with E-state index in [9.17, 15) is 9.59 Å². The van der Waals surface area contributed by atoms with Crippen molar-refractivity contribution in [1.29, 1.82) is 0 Å². The van der Waals surface area contributed by atoms with Gasteiger partial charge in [-0.3, -0.25) is 9.59 Å². The van der Waals surface area contributed by atoms with Crippen LogP contribution in [0.4, 0.5) is 0 Å². The molecule has 23 heavy (non-hydrogen) atoms. The molecular weight excluding hydrogens is 318 g/mol. The fourth-order valence-electron chi connectivity index (χ4n) is 3.00. The number of halogens is 1. The Bertz CT molecular complexity index is 546. The van der Waals surface area contributed by atoms with Crippen LogP contribution >= 0.6 is 11.6 Å². The molecule has 1 aromatic rings. The number of nitrogens with one attached hydrogen (secondary N) is 1. The minimum Gasteiger partial charge on any atom is -0.481 e. The minimum atomic E-state index is -0.807. The third-order valence-corrected chi connectivity index (χ3v) is 4.63. The standard InChI is InChI=1S/C17H22ClNO4/c1-23-15(11-5-7-14(18)8-6-11)10-19-16(20)12-3-2-4-13(9-12)17(21)22/h5-8,12-13,15H,2-4,9-10H2,1H3,(H,19,20)(H,21,22). The van der Waals surface area contributed by atoms with Crippen LogP contribution in [0.2, 0.25) is 5.02 Å². The highest BCUT2D eigenvalue weighted by atomic mass is 35.5. The molecule has 0 aliphatic heterocycles. The molecule has 2 N–H and O–H groups in total. The topological polar surface area (TPSA) is 75.6 Å². The first-order chi connectivity index (χ1) is 11.0. The molecule has 2 rings (SSSR count). The van der Waals surface area contributed by atoms with Crippen LogP contribution in [0, 0.1) is 11.8 Å². The first-order valence-electron chi connectivity index (χ1n) is 7.80. The summed E-state index contributed by atoms with van der Waals surface area (Å²) in [5.41, 5.74) is 0.934. The molecule has 0 bridgehead atoms. The number of carbonyl (C=O) groups is 2. The molecule has 0 heterocycles. The average molecular weight is 340 g/mol. The number of carboxylic acid groups (broad SMARTS) is 1. The Morgan fingerprint density at radius 1 is 1.30 bits per heavy atom. The maximum Gasteiger partial charge on any atom is 0.306 e. The number of methoxy groups -OCH3 is 1. The first kappa shape index (κ1) is 17.8. The summed E-state index contributed by atoms with van der Waals surface area (Å²) in [5, 5.41) is 12.6. The maximum atomic E-state index is 12.3.